The largest absolute Gasteiger partial charge is 0.470 e. The van der Waals surface area contributed by atoms with E-state index in [2.05, 4.69) is 24.7 Å². The van der Waals surface area contributed by atoms with Gasteiger partial charge in [-0.1, -0.05) is 23.7 Å². The molecular formula is C20H16ClN5O3S. The van der Waals surface area contributed by atoms with Crippen LogP contribution in [-0.2, 0) is 16.6 Å². The summed E-state index contributed by atoms with van der Waals surface area (Å²) in [6.45, 7) is 1.76. The fourth-order valence-electron chi connectivity index (χ4n) is 2.74. The summed E-state index contributed by atoms with van der Waals surface area (Å²) in [5.74, 6) is -0.0351. The van der Waals surface area contributed by atoms with Crippen molar-refractivity contribution in [1.29, 1.82) is 0 Å². The Hall–Kier alpha value is -3.30. The van der Waals surface area contributed by atoms with Crippen molar-refractivity contribution >= 4 is 38.6 Å². The van der Waals surface area contributed by atoms with Gasteiger partial charge in [0, 0.05) is 29.2 Å². The van der Waals surface area contributed by atoms with Gasteiger partial charge < -0.3 is 4.74 Å². The van der Waals surface area contributed by atoms with Crippen LogP contribution in [0.4, 0.5) is 5.82 Å². The Morgan fingerprint density at radius 3 is 2.70 bits per heavy atom. The van der Waals surface area contributed by atoms with Crippen molar-refractivity contribution in [3.8, 4) is 5.88 Å². The summed E-state index contributed by atoms with van der Waals surface area (Å²) in [5.41, 5.74) is 1.98. The zero-order valence-electron chi connectivity index (χ0n) is 15.8. The number of aromatic nitrogens is 4. The van der Waals surface area contributed by atoms with Crippen LogP contribution in [0.5, 0.6) is 5.88 Å². The lowest BCUT2D eigenvalue weighted by molar-refractivity contribution is 0.295. The Balaban J connectivity index is 1.73. The van der Waals surface area contributed by atoms with E-state index in [0.29, 0.717) is 21.7 Å². The van der Waals surface area contributed by atoms with Gasteiger partial charge in [0.25, 0.3) is 15.9 Å². The maximum atomic E-state index is 13.0. The van der Waals surface area contributed by atoms with Crippen LogP contribution in [0.1, 0.15) is 11.1 Å². The van der Waals surface area contributed by atoms with Crippen molar-refractivity contribution in [2.75, 3.05) is 4.72 Å². The van der Waals surface area contributed by atoms with Gasteiger partial charge in [0.05, 0.1) is 4.90 Å². The monoisotopic (exact) mass is 441 g/mol. The molecule has 0 atom stereocenters. The number of ether oxygens (including phenoxy) is 1. The van der Waals surface area contributed by atoms with Crippen molar-refractivity contribution in [2.45, 2.75) is 18.4 Å². The first-order valence-corrected chi connectivity index (χ1v) is 10.7. The Morgan fingerprint density at radius 2 is 1.90 bits per heavy atom. The van der Waals surface area contributed by atoms with Gasteiger partial charge in [-0.15, -0.1) is 0 Å². The molecule has 8 nitrogen and oxygen atoms in total. The quantitative estimate of drug-likeness (QED) is 0.485. The molecule has 0 bridgehead atoms. The molecule has 4 aromatic rings. The number of hydrogen-bond acceptors (Lipinski definition) is 7. The van der Waals surface area contributed by atoms with Gasteiger partial charge >= 0.3 is 0 Å². The fourth-order valence-corrected chi connectivity index (χ4v) is 4.24. The van der Waals surface area contributed by atoms with E-state index in [1.54, 1.807) is 55.8 Å². The van der Waals surface area contributed by atoms with Crippen LogP contribution in [0.2, 0.25) is 5.02 Å². The molecule has 10 heteroatoms. The summed E-state index contributed by atoms with van der Waals surface area (Å²) in [6, 6.07) is 11.6. The SMILES string of the molecule is Cc1c(Cl)cccc1S(=O)(=O)Nc1nc2cccnc2nc1OCc1cccnc1. The molecule has 30 heavy (non-hydrogen) atoms. The molecule has 0 aliphatic rings. The van der Waals surface area contributed by atoms with Crippen molar-refractivity contribution in [1.82, 2.24) is 19.9 Å². The van der Waals surface area contributed by atoms with Gasteiger partial charge in [-0.25, -0.2) is 18.4 Å². The molecule has 1 aromatic carbocycles. The molecule has 0 radical (unpaired) electrons. The number of halogens is 1. The number of nitrogens with zero attached hydrogens (tertiary/aromatic N) is 4. The molecule has 0 aliphatic heterocycles. The Labute approximate surface area is 178 Å². The lowest BCUT2D eigenvalue weighted by Crippen LogP contribution is -2.17. The lowest BCUT2D eigenvalue weighted by atomic mass is 10.2. The molecule has 3 aromatic heterocycles. The third kappa shape index (κ3) is 4.17. The second kappa shape index (κ2) is 8.21. The number of rotatable bonds is 6. The van der Waals surface area contributed by atoms with Gasteiger partial charge in [0.15, 0.2) is 5.65 Å². The summed E-state index contributed by atoms with van der Waals surface area (Å²) >= 11 is 6.09. The van der Waals surface area contributed by atoms with Crippen molar-refractivity contribution < 1.29 is 13.2 Å². The topological polar surface area (TPSA) is 107 Å². The van der Waals surface area contributed by atoms with Crippen molar-refractivity contribution in [3.05, 3.63) is 77.2 Å². The van der Waals surface area contributed by atoms with E-state index in [1.165, 1.54) is 6.07 Å². The molecule has 0 fully saturated rings. The zero-order chi connectivity index (χ0) is 21.1. The van der Waals surface area contributed by atoms with Crippen LogP contribution in [0.3, 0.4) is 0 Å². The Bertz CT molecular complexity index is 1320. The van der Waals surface area contributed by atoms with Gasteiger partial charge in [-0.2, -0.15) is 4.98 Å². The van der Waals surface area contributed by atoms with E-state index in [-0.39, 0.29) is 23.2 Å². The van der Waals surface area contributed by atoms with Crippen LogP contribution in [0, 0.1) is 6.92 Å². The summed E-state index contributed by atoms with van der Waals surface area (Å²) in [5, 5.41) is 0.347. The number of sulfonamides is 1. The first-order valence-electron chi connectivity index (χ1n) is 8.86. The van der Waals surface area contributed by atoms with Crippen LogP contribution < -0.4 is 9.46 Å². The van der Waals surface area contributed by atoms with E-state index in [0.717, 1.165) is 5.56 Å². The number of nitrogens with one attached hydrogen (secondary N) is 1. The highest BCUT2D eigenvalue weighted by atomic mass is 35.5. The fraction of sp³-hybridized carbons (Fsp3) is 0.100. The summed E-state index contributed by atoms with van der Waals surface area (Å²) < 4.78 is 34.3. The average Bonchev–Trinajstić information content (AvgIpc) is 2.74. The van der Waals surface area contributed by atoms with Gasteiger partial charge in [0.2, 0.25) is 5.82 Å². The number of fused-ring (bicyclic) bond motifs is 1. The number of pyridine rings is 2. The normalized spacial score (nSPS) is 11.4. The molecule has 0 amide bonds. The van der Waals surface area contributed by atoms with Crippen molar-refractivity contribution in [3.63, 3.8) is 0 Å². The van der Waals surface area contributed by atoms with E-state index in [9.17, 15) is 8.42 Å². The van der Waals surface area contributed by atoms with Gasteiger partial charge in [-0.3, -0.25) is 9.71 Å². The highest BCUT2D eigenvalue weighted by Crippen LogP contribution is 2.28. The third-order valence-corrected chi connectivity index (χ3v) is 6.14. The minimum absolute atomic E-state index is 0.00769. The molecule has 4 rings (SSSR count). The minimum atomic E-state index is -3.99. The molecule has 3 heterocycles. The second-order valence-electron chi connectivity index (χ2n) is 6.34. The van der Waals surface area contributed by atoms with E-state index in [4.69, 9.17) is 16.3 Å². The Kier molecular flexibility index (Phi) is 5.47. The minimum Gasteiger partial charge on any atom is -0.470 e. The highest BCUT2D eigenvalue weighted by Gasteiger charge is 2.22. The number of benzene rings is 1. The van der Waals surface area contributed by atoms with E-state index < -0.39 is 10.0 Å². The van der Waals surface area contributed by atoms with Gasteiger partial charge in [-0.05, 0) is 42.8 Å². The van der Waals surface area contributed by atoms with Crippen molar-refractivity contribution in [2.24, 2.45) is 0 Å². The smallest absolute Gasteiger partial charge is 0.263 e. The number of anilines is 1. The van der Waals surface area contributed by atoms with Gasteiger partial charge in [0.1, 0.15) is 12.1 Å². The first kappa shape index (κ1) is 20.0. The molecule has 1 N–H and O–H groups in total. The van der Waals surface area contributed by atoms with Crippen LogP contribution in [-0.4, -0.2) is 28.4 Å². The maximum absolute atomic E-state index is 13.0. The van der Waals surface area contributed by atoms with E-state index >= 15 is 0 Å². The molecular weight excluding hydrogens is 426 g/mol. The standard InChI is InChI=1S/C20H16ClN5O3S/c1-13-15(21)6-2-8-17(13)30(27,28)26-19-20(29-12-14-5-3-9-22-11-14)25-18-16(24-19)7-4-10-23-18/h2-11H,12H2,1H3,(H,24,26). The van der Waals surface area contributed by atoms with Crippen LogP contribution in [0.25, 0.3) is 11.2 Å². The second-order valence-corrected chi connectivity index (χ2v) is 8.40. The molecule has 152 valence electrons. The third-order valence-electron chi connectivity index (χ3n) is 4.25. The summed E-state index contributed by atoms with van der Waals surface area (Å²) in [7, 11) is -3.99. The van der Waals surface area contributed by atoms with E-state index in [1.807, 2.05) is 6.07 Å². The van der Waals surface area contributed by atoms with Crippen LogP contribution in [0.15, 0.2) is 66.0 Å². The summed E-state index contributed by atoms with van der Waals surface area (Å²) in [6.07, 6.45) is 4.86. The average molecular weight is 442 g/mol. The molecule has 0 saturated carbocycles. The molecule has 0 unspecified atom stereocenters. The summed E-state index contributed by atoms with van der Waals surface area (Å²) in [4.78, 5) is 16.9. The first-order chi connectivity index (χ1) is 14.4. The lowest BCUT2D eigenvalue weighted by Gasteiger charge is -2.14. The highest BCUT2D eigenvalue weighted by molar-refractivity contribution is 7.92. The predicted octanol–water partition coefficient (Wildman–Crippen LogP) is 3.76. The molecule has 0 saturated heterocycles. The zero-order valence-corrected chi connectivity index (χ0v) is 17.4. The maximum Gasteiger partial charge on any atom is 0.263 e. The molecule has 0 spiro atoms. The Morgan fingerprint density at radius 1 is 1.07 bits per heavy atom. The predicted molar refractivity (Wildman–Crippen MR) is 113 cm³/mol. The number of hydrogen-bond donors (Lipinski definition) is 1. The molecule has 0 aliphatic carbocycles. The van der Waals surface area contributed by atoms with Crippen LogP contribution >= 0.6 is 11.6 Å².